The van der Waals surface area contributed by atoms with Crippen LogP contribution in [0.15, 0.2) is 18.3 Å². The third-order valence-corrected chi connectivity index (χ3v) is 3.38. The Morgan fingerprint density at radius 1 is 1.44 bits per heavy atom. The number of aromatic nitrogens is 1. The zero-order valence-electron chi connectivity index (χ0n) is 11.0. The maximum atomic E-state index is 8.98. The van der Waals surface area contributed by atoms with Gasteiger partial charge in [0.15, 0.2) is 0 Å². The van der Waals surface area contributed by atoms with Crippen molar-refractivity contribution < 1.29 is 4.74 Å². The summed E-state index contributed by atoms with van der Waals surface area (Å²) in [7, 11) is 0. The SMILES string of the molecule is CC(C)N1CCC(Oc2ncccc2C#N)CC1. The van der Waals surface area contributed by atoms with E-state index < -0.39 is 0 Å². The molecule has 0 saturated carbocycles. The topological polar surface area (TPSA) is 49.1 Å². The molecule has 0 spiro atoms. The highest BCUT2D eigenvalue weighted by Gasteiger charge is 2.22. The van der Waals surface area contributed by atoms with Crippen molar-refractivity contribution in [2.75, 3.05) is 13.1 Å². The largest absolute Gasteiger partial charge is 0.473 e. The van der Waals surface area contributed by atoms with Crippen LogP contribution < -0.4 is 4.74 Å². The van der Waals surface area contributed by atoms with Gasteiger partial charge < -0.3 is 9.64 Å². The fourth-order valence-corrected chi connectivity index (χ4v) is 2.24. The number of nitrogens with zero attached hydrogens (tertiary/aromatic N) is 3. The Balaban J connectivity index is 1.94. The van der Waals surface area contributed by atoms with Gasteiger partial charge in [-0.25, -0.2) is 4.98 Å². The Labute approximate surface area is 108 Å². The molecule has 1 aromatic rings. The van der Waals surface area contributed by atoms with Crippen LogP contribution in [0.4, 0.5) is 0 Å². The van der Waals surface area contributed by atoms with Crippen LogP contribution >= 0.6 is 0 Å². The second kappa shape index (κ2) is 5.83. The van der Waals surface area contributed by atoms with Gasteiger partial charge >= 0.3 is 0 Å². The molecule has 4 heteroatoms. The smallest absolute Gasteiger partial charge is 0.231 e. The van der Waals surface area contributed by atoms with Gasteiger partial charge in [0.25, 0.3) is 0 Å². The average Bonchev–Trinajstić information content (AvgIpc) is 2.40. The van der Waals surface area contributed by atoms with Crippen molar-refractivity contribution in [3.8, 4) is 11.9 Å². The lowest BCUT2D eigenvalue weighted by Gasteiger charge is -2.34. The van der Waals surface area contributed by atoms with Gasteiger partial charge in [-0.15, -0.1) is 0 Å². The number of piperidine rings is 1. The van der Waals surface area contributed by atoms with Crippen molar-refractivity contribution in [3.05, 3.63) is 23.9 Å². The molecule has 0 radical (unpaired) electrons. The molecule has 0 amide bonds. The first-order valence-corrected chi connectivity index (χ1v) is 6.46. The minimum atomic E-state index is 0.182. The Morgan fingerprint density at radius 2 is 2.17 bits per heavy atom. The predicted molar refractivity (Wildman–Crippen MR) is 69.3 cm³/mol. The minimum Gasteiger partial charge on any atom is -0.473 e. The molecular formula is C14H19N3O. The van der Waals surface area contributed by atoms with Crippen molar-refractivity contribution in [2.45, 2.75) is 38.8 Å². The van der Waals surface area contributed by atoms with E-state index in [1.165, 1.54) is 0 Å². The summed E-state index contributed by atoms with van der Waals surface area (Å²) in [6.07, 6.45) is 3.85. The first-order chi connectivity index (χ1) is 8.70. The standard InChI is InChI=1S/C14H19N3O/c1-11(2)17-8-5-13(6-9-17)18-14-12(10-15)4-3-7-16-14/h3-4,7,11,13H,5-6,8-9H2,1-2H3. The van der Waals surface area contributed by atoms with Crippen LogP contribution in [0, 0.1) is 11.3 Å². The summed E-state index contributed by atoms with van der Waals surface area (Å²) in [5, 5.41) is 8.98. The summed E-state index contributed by atoms with van der Waals surface area (Å²) in [4.78, 5) is 6.59. The number of hydrogen-bond donors (Lipinski definition) is 0. The van der Waals surface area contributed by atoms with Crippen LogP contribution in [-0.2, 0) is 0 Å². The third kappa shape index (κ3) is 2.99. The first kappa shape index (κ1) is 12.8. The van der Waals surface area contributed by atoms with Crippen LogP contribution in [0.25, 0.3) is 0 Å². The summed E-state index contributed by atoms with van der Waals surface area (Å²) in [5.74, 6) is 0.475. The normalized spacial score (nSPS) is 17.7. The van der Waals surface area contributed by atoms with Crippen LogP contribution in [0.5, 0.6) is 5.88 Å². The monoisotopic (exact) mass is 245 g/mol. The fourth-order valence-electron chi connectivity index (χ4n) is 2.24. The molecule has 4 nitrogen and oxygen atoms in total. The Bertz CT molecular complexity index is 431. The number of ether oxygens (including phenoxy) is 1. The predicted octanol–water partition coefficient (Wildman–Crippen LogP) is 2.20. The van der Waals surface area contributed by atoms with Gasteiger partial charge in [-0.3, -0.25) is 0 Å². The molecule has 1 aliphatic rings. The van der Waals surface area contributed by atoms with Crippen molar-refractivity contribution >= 4 is 0 Å². The lowest BCUT2D eigenvalue weighted by atomic mass is 10.1. The van der Waals surface area contributed by atoms with E-state index in [1.54, 1.807) is 18.3 Å². The van der Waals surface area contributed by atoms with Crippen LogP contribution in [0.2, 0.25) is 0 Å². The number of likely N-dealkylation sites (tertiary alicyclic amines) is 1. The van der Waals surface area contributed by atoms with Gasteiger partial charge in [-0.1, -0.05) is 0 Å². The summed E-state index contributed by atoms with van der Waals surface area (Å²) in [6.45, 7) is 6.54. The van der Waals surface area contributed by atoms with Crippen LogP contribution in [-0.4, -0.2) is 35.1 Å². The molecule has 18 heavy (non-hydrogen) atoms. The van der Waals surface area contributed by atoms with Crippen LogP contribution in [0.1, 0.15) is 32.3 Å². The molecule has 2 rings (SSSR count). The molecule has 1 aromatic heterocycles. The number of nitriles is 1. The molecule has 0 bridgehead atoms. The Morgan fingerprint density at radius 3 is 2.78 bits per heavy atom. The molecular weight excluding hydrogens is 226 g/mol. The second-order valence-corrected chi connectivity index (χ2v) is 4.91. The highest BCUT2D eigenvalue weighted by atomic mass is 16.5. The number of hydrogen-bond acceptors (Lipinski definition) is 4. The molecule has 0 aromatic carbocycles. The van der Waals surface area contributed by atoms with Gasteiger partial charge in [-0.05, 0) is 38.8 Å². The first-order valence-electron chi connectivity index (χ1n) is 6.46. The summed E-state index contributed by atoms with van der Waals surface area (Å²) < 4.78 is 5.85. The molecule has 1 fully saturated rings. The molecule has 2 heterocycles. The highest BCUT2D eigenvalue weighted by molar-refractivity contribution is 5.37. The van der Waals surface area contributed by atoms with E-state index in [9.17, 15) is 0 Å². The lowest BCUT2D eigenvalue weighted by Crippen LogP contribution is -2.41. The Hall–Kier alpha value is -1.60. The van der Waals surface area contributed by atoms with Crippen molar-refractivity contribution in [3.63, 3.8) is 0 Å². The highest BCUT2D eigenvalue weighted by Crippen LogP contribution is 2.20. The van der Waals surface area contributed by atoms with Gasteiger partial charge in [0.1, 0.15) is 17.7 Å². The van der Waals surface area contributed by atoms with E-state index >= 15 is 0 Å². The molecule has 1 aliphatic heterocycles. The summed E-state index contributed by atoms with van der Waals surface area (Å²) in [6, 6.07) is 6.21. The van der Waals surface area contributed by atoms with Crippen molar-refractivity contribution in [2.24, 2.45) is 0 Å². The maximum absolute atomic E-state index is 8.98. The zero-order chi connectivity index (χ0) is 13.0. The van der Waals surface area contributed by atoms with E-state index in [0.717, 1.165) is 25.9 Å². The van der Waals surface area contributed by atoms with Gasteiger partial charge in [0.2, 0.25) is 5.88 Å². The summed E-state index contributed by atoms with van der Waals surface area (Å²) in [5.41, 5.74) is 0.517. The second-order valence-electron chi connectivity index (χ2n) is 4.91. The van der Waals surface area contributed by atoms with Gasteiger partial charge in [-0.2, -0.15) is 5.26 Å². The molecule has 1 saturated heterocycles. The molecule has 0 unspecified atom stereocenters. The van der Waals surface area contributed by atoms with E-state index in [4.69, 9.17) is 10.00 Å². The fraction of sp³-hybridized carbons (Fsp3) is 0.571. The average molecular weight is 245 g/mol. The van der Waals surface area contributed by atoms with E-state index in [2.05, 4.69) is 29.8 Å². The lowest BCUT2D eigenvalue weighted by molar-refractivity contribution is 0.0810. The minimum absolute atomic E-state index is 0.182. The molecule has 96 valence electrons. The van der Waals surface area contributed by atoms with Crippen molar-refractivity contribution in [1.29, 1.82) is 5.26 Å². The molecule has 0 aliphatic carbocycles. The van der Waals surface area contributed by atoms with E-state index in [-0.39, 0.29) is 6.10 Å². The third-order valence-electron chi connectivity index (χ3n) is 3.38. The van der Waals surface area contributed by atoms with Crippen LogP contribution in [0.3, 0.4) is 0 Å². The van der Waals surface area contributed by atoms with E-state index in [0.29, 0.717) is 17.5 Å². The summed E-state index contributed by atoms with van der Waals surface area (Å²) >= 11 is 0. The number of rotatable bonds is 3. The molecule has 0 N–H and O–H groups in total. The molecule has 0 atom stereocenters. The van der Waals surface area contributed by atoms with E-state index in [1.807, 2.05) is 0 Å². The zero-order valence-corrected chi connectivity index (χ0v) is 11.0. The maximum Gasteiger partial charge on any atom is 0.231 e. The van der Waals surface area contributed by atoms with Gasteiger partial charge in [0.05, 0.1) is 0 Å². The quantitative estimate of drug-likeness (QED) is 0.819. The number of pyridine rings is 1. The van der Waals surface area contributed by atoms with Crippen molar-refractivity contribution in [1.82, 2.24) is 9.88 Å². The van der Waals surface area contributed by atoms with Gasteiger partial charge in [0, 0.05) is 25.3 Å². The Kier molecular flexibility index (Phi) is 4.16.